The molecule has 1 saturated heterocycles. The first kappa shape index (κ1) is 15.6. The molecule has 1 aliphatic heterocycles. The van der Waals surface area contributed by atoms with E-state index >= 15 is 0 Å². The standard InChI is InChI=1S/C22H18O3/c1-24-19-13-11-18(12-14-19)22-21(25-22)17-9-7-16(8-10-17)20(23)15-5-3-2-4-6-15/h2-14,21-22H,1H3. The molecule has 1 heterocycles. The van der Waals surface area contributed by atoms with Crippen molar-refractivity contribution in [3.05, 3.63) is 101 Å². The molecule has 0 saturated carbocycles. The van der Waals surface area contributed by atoms with Gasteiger partial charge in [0.25, 0.3) is 0 Å². The minimum atomic E-state index is 0.0376. The van der Waals surface area contributed by atoms with Crippen LogP contribution in [0.4, 0.5) is 0 Å². The number of methoxy groups -OCH3 is 1. The summed E-state index contributed by atoms with van der Waals surface area (Å²) in [5, 5.41) is 0. The second-order valence-corrected chi connectivity index (χ2v) is 6.07. The highest BCUT2D eigenvalue weighted by Crippen LogP contribution is 2.51. The molecule has 4 rings (SSSR count). The van der Waals surface area contributed by atoms with Gasteiger partial charge in [-0.1, -0.05) is 66.7 Å². The van der Waals surface area contributed by atoms with Crippen LogP contribution in [0.1, 0.15) is 39.3 Å². The maximum atomic E-state index is 12.4. The summed E-state index contributed by atoms with van der Waals surface area (Å²) >= 11 is 0. The van der Waals surface area contributed by atoms with Gasteiger partial charge in [0.05, 0.1) is 7.11 Å². The van der Waals surface area contributed by atoms with Crippen molar-refractivity contribution in [1.29, 1.82) is 0 Å². The Kier molecular flexibility index (Phi) is 4.08. The molecular formula is C22H18O3. The Morgan fingerprint density at radius 2 is 1.28 bits per heavy atom. The van der Waals surface area contributed by atoms with Gasteiger partial charge >= 0.3 is 0 Å². The summed E-state index contributed by atoms with van der Waals surface area (Å²) in [7, 11) is 1.66. The van der Waals surface area contributed by atoms with E-state index in [9.17, 15) is 4.79 Å². The van der Waals surface area contributed by atoms with E-state index in [-0.39, 0.29) is 18.0 Å². The first-order chi connectivity index (χ1) is 12.3. The van der Waals surface area contributed by atoms with E-state index in [1.165, 1.54) is 0 Å². The number of ether oxygens (including phenoxy) is 2. The van der Waals surface area contributed by atoms with Crippen molar-refractivity contribution in [1.82, 2.24) is 0 Å². The zero-order chi connectivity index (χ0) is 17.2. The maximum absolute atomic E-state index is 12.4. The lowest BCUT2D eigenvalue weighted by atomic mass is 9.99. The second-order valence-electron chi connectivity index (χ2n) is 6.07. The van der Waals surface area contributed by atoms with Crippen molar-refractivity contribution >= 4 is 5.78 Å². The number of hydrogen-bond donors (Lipinski definition) is 0. The first-order valence-corrected chi connectivity index (χ1v) is 8.25. The Hall–Kier alpha value is -2.91. The molecule has 2 atom stereocenters. The van der Waals surface area contributed by atoms with Gasteiger partial charge in [-0.3, -0.25) is 4.79 Å². The van der Waals surface area contributed by atoms with Crippen molar-refractivity contribution in [2.75, 3.05) is 7.11 Å². The number of benzene rings is 3. The summed E-state index contributed by atoms with van der Waals surface area (Å²) in [6, 6.07) is 24.9. The quantitative estimate of drug-likeness (QED) is 0.501. The third kappa shape index (κ3) is 3.19. The predicted molar refractivity (Wildman–Crippen MR) is 95.9 cm³/mol. The molecular weight excluding hydrogens is 312 g/mol. The molecule has 124 valence electrons. The maximum Gasteiger partial charge on any atom is 0.193 e. The van der Waals surface area contributed by atoms with Crippen LogP contribution in [0.15, 0.2) is 78.9 Å². The average Bonchev–Trinajstić information content (AvgIpc) is 3.49. The molecule has 0 radical (unpaired) electrons. The van der Waals surface area contributed by atoms with Crippen LogP contribution >= 0.6 is 0 Å². The van der Waals surface area contributed by atoms with Gasteiger partial charge < -0.3 is 9.47 Å². The highest BCUT2D eigenvalue weighted by Gasteiger charge is 2.41. The van der Waals surface area contributed by atoms with Crippen LogP contribution in [-0.2, 0) is 4.74 Å². The molecule has 0 aliphatic carbocycles. The summed E-state index contributed by atoms with van der Waals surface area (Å²) in [6.07, 6.45) is 0.121. The molecule has 0 bridgehead atoms. The van der Waals surface area contributed by atoms with Crippen LogP contribution in [0.5, 0.6) is 5.75 Å². The number of ketones is 1. The fourth-order valence-electron chi connectivity index (χ4n) is 2.99. The highest BCUT2D eigenvalue weighted by atomic mass is 16.6. The molecule has 3 heteroatoms. The zero-order valence-corrected chi connectivity index (χ0v) is 13.9. The van der Waals surface area contributed by atoms with Gasteiger partial charge in [-0.2, -0.15) is 0 Å². The number of epoxide rings is 1. The molecule has 3 nitrogen and oxygen atoms in total. The van der Waals surface area contributed by atoms with Crippen LogP contribution in [0.2, 0.25) is 0 Å². The van der Waals surface area contributed by atoms with Gasteiger partial charge in [0.1, 0.15) is 18.0 Å². The van der Waals surface area contributed by atoms with Crippen LogP contribution in [-0.4, -0.2) is 12.9 Å². The summed E-state index contributed by atoms with van der Waals surface area (Å²) in [5.41, 5.74) is 3.62. The number of hydrogen-bond acceptors (Lipinski definition) is 3. The highest BCUT2D eigenvalue weighted by molar-refractivity contribution is 6.08. The second kappa shape index (κ2) is 6.54. The Labute approximate surface area is 146 Å². The molecule has 1 fully saturated rings. The SMILES string of the molecule is COc1ccc(C2OC2c2ccc(C(=O)c3ccccc3)cc2)cc1. The van der Waals surface area contributed by atoms with Crippen LogP contribution in [0.3, 0.4) is 0 Å². The topological polar surface area (TPSA) is 38.8 Å². The lowest BCUT2D eigenvalue weighted by molar-refractivity contribution is 0.103. The predicted octanol–water partition coefficient (Wildman–Crippen LogP) is 4.74. The molecule has 0 spiro atoms. The van der Waals surface area contributed by atoms with Crippen molar-refractivity contribution in [2.45, 2.75) is 12.2 Å². The van der Waals surface area contributed by atoms with Gasteiger partial charge in [-0.25, -0.2) is 0 Å². The Bertz CT molecular complexity index is 867. The summed E-state index contributed by atoms with van der Waals surface area (Å²) in [5.74, 6) is 0.875. The van der Waals surface area contributed by atoms with E-state index < -0.39 is 0 Å². The van der Waals surface area contributed by atoms with E-state index in [1.807, 2.05) is 78.9 Å². The van der Waals surface area contributed by atoms with Gasteiger partial charge in [-0.15, -0.1) is 0 Å². The number of carbonyl (C=O) groups is 1. The van der Waals surface area contributed by atoms with Gasteiger partial charge in [0.2, 0.25) is 0 Å². The Balaban J connectivity index is 1.47. The normalized spacial score (nSPS) is 18.6. The van der Waals surface area contributed by atoms with E-state index in [2.05, 4.69) is 0 Å². The minimum Gasteiger partial charge on any atom is -0.497 e. The van der Waals surface area contributed by atoms with Gasteiger partial charge in [0.15, 0.2) is 5.78 Å². The zero-order valence-electron chi connectivity index (χ0n) is 13.9. The average molecular weight is 330 g/mol. The molecule has 0 amide bonds. The van der Waals surface area contributed by atoms with Crippen molar-refractivity contribution in [2.24, 2.45) is 0 Å². The molecule has 0 N–H and O–H groups in total. The summed E-state index contributed by atoms with van der Waals surface area (Å²) in [6.45, 7) is 0. The lowest BCUT2D eigenvalue weighted by Gasteiger charge is -2.03. The number of rotatable bonds is 5. The largest absolute Gasteiger partial charge is 0.497 e. The van der Waals surface area contributed by atoms with Crippen LogP contribution in [0.25, 0.3) is 0 Å². The van der Waals surface area contributed by atoms with Crippen molar-refractivity contribution < 1.29 is 14.3 Å². The molecule has 0 aromatic heterocycles. The van der Waals surface area contributed by atoms with E-state index in [0.29, 0.717) is 11.1 Å². The molecule has 3 aromatic rings. The number of carbonyl (C=O) groups excluding carboxylic acids is 1. The molecule has 25 heavy (non-hydrogen) atoms. The fourth-order valence-corrected chi connectivity index (χ4v) is 2.99. The van der Waals surface area contributed by atoms with Crippen LogP contribution in [0, 0.1) is 0 Å². The Morgan fingerprint density at radius 1 is 0.760 bits per heavy atom. The molecule has 1 aliphatic rings. The third-order valence-electron chi connectivity index (χ3n) is 4.47. The van der Waals surface area contributed by atoms with Crippen LogP contribution < -0.4 is 4.74 Å². The van der Waals surface area contributed by atoms with Gasteiger partial charge in [0, 0.05) is 11.1 Å². The van der Waals surface area contributed by atoms with E-state index in [0.717, 1.165) is 16.9 Å². The smallest absolute Gasteiger partial charge is 0.193 e. The summed E-state index contributed by atoms with van der Waals surface area (Å²) < 4.78 is 11.0. The van der Waals surface area contributed by atoms with E-state index in [4.69, 9.17) is 9.47 Å². The summed E-state index contributed by atoms with van der Waals surface area (Å²) in [4.78, 5) is 12.4. The molecule has 3 aromatic carbocycles. The fraction of sp³-hybridized carbons (Fsp3) is 0.136. The first-order valence-electron chi connectivity index (χ1n) is 8.25. The van der Waals surface area contributed by atoms with Crippen molar-refractivity contribution in [3.8, 4) is 5.75 Å². The molecule has 2 unspecified atom stereocenters. The Morgan fingerprint density at radius 3 is 1.84 bits per heavy atom. The van der Waals surface area contributed by atoms with E-state index in [1.54, 1.807) is 7.11 Å². The third-order valence-corrected chi connectivity index (χ3v) is 4.47. The minimum absolute atomic E-state index is 0.0376. The lowest BCUT2D eigenvalue weighted by Crippen LogP contribution is -2.00. The van der Waals surface area contributed by atoms with Gasteiger partial charge in [-0.05, 0) is 23.3 Å². The monoisotopic (exact) mass is 330 g/mol. The van der Waals surface area contributed by atoms with Crippen molar-refractivity contribution in [3.63, 3.8) is 0 Å².